The first kappa shape index (κ1) is 13.5. The first-order valence-corrected chi connectivity index (χ1v) is 7.60. The number of benzene rings is 1. The molecule has 1 unspecified atom stereocenters. The fourth-order valence-electron chi connectivity index (χ4n) is 2.46. The molecule has 0 amide bonds. The second-order valence-corrected chi connectivity index (χ2v) is 5.95. The van der Waals surface area contributed by atoms with Crippen LogP contribution in [-0.4, -0.2) is 35.9 Å². The smallest absolute Gasteiger partial charge is 0.151 e. The van der Waals surface area contributed by atoms with Gasteiger partial charge in [-0.05, 0) is 31.2 Å². The summed E-state index contributed by atoms with van der Waals surface area (Å²) >= 11 is 3.48. The lowest BCUT2D eigenvalue weighted by Gasteiger charge is -2.34. The van der Waals surface area contributed by atoms with E-state index in [4.69, 9.17) is 0 Å². The number of piperazine rings is 1. The van der Waals surface area contributed by atoms with E-state index >= 15 is 0 Å². The minimum absolute atomic E-state index is 0.453. The van der Waals surface area contributed by atoms with Gasteiger partial charge in [0.1, 0.15) is 0 Å². The average molecular weight is 333 g/mol. The van der Waals surface area contributed by atoms with Gasteiger partial charge in [-0.3, -0.25) is 0 Å². The maximum atomic E-state index is 4.39. The third kappa shape index (κ3) is 2.83. The quantitative estimate of drug-likeness (QED) is 0.918. The summed E-state index contributed by atoms with van der Waals surface area (Å²) in [7, 11) is 0. The monoisotopic (exact) mass is 332 g/mol. The Hall–Kier alpha value is -1.46. The molecule has 1 saturated heterocycles. The number of aromatic nitrogens is 2. The summed E-state index contributed by atoms with van der Waals surface area (Å²) in [6.07, 6.45) is 0. The number of hydrogen-bond donors (Lipinski definition) is 1. The molecule has 0 bridgehead atoms. The van der Waals surface area contributed by atoms with Crippen LogP contribution in [0.25, 0.3) is 11.3 Å². The minimum atomic E-state index is 0.453. The van der Waals surface area contributed by atoms with E-state index in [1.807, 2.05) is 24.3 Å². The van der Waals surface area contributed by atoms with Crippen molar-refractivity contribution in [3.8, 4) is 11.3 Å². The lowest BCUT2D eigenvalue weighted by molar-refractivity contribution is 0.495. The van der Waals surface area contributed by atoms with Crippen molar-refractivity contribution in [1.29, 1.82) is 0 Å². The van der Waals surface area contributed by atoms with Crippen molar-refractivity contribution in [2.75, 3.05) is 24.5 Å². The molecule has 0 aliphatic carbocycles. The van der Waals surface area contributed by atoms with Gasteiger partial charge in [0.05, 0.1) is 5.69 Å². The van der Waals surface area contributed by atoms with Gasteiger partial charge in [-0.2, -0.15) is 0 Å². The lowest BCUT2D eigenvalue weighted by Crippen LogP contribution is -2.50. The van der Waals surface area contributed by atoms with Gasteiger partial charge in [-0.1, -0.05) is 28.1 Å². The molecule has 4 nitrogen and oxygen atoms in total. The predicted octanol–water partition coefficient (Wildman–Crippen LogP) is 2.70. The molecular weight excluding hydrogens is 316 g/mol. The van der Waals surface area contributed by atoms with Crippen molar-refractivity contribution in [2.24, 2.45) is 0 Å². The summed E-state index contributed by atoms with van der Waals surface area (Å²) in [5.74, 6) is 0.956. The van der Waals surface area contributed by atoms with E-state index in [-0.39, 0.29) is 0 Å². The first-order chi connectivity index (χ1) is 9.74. The van der Waals surface area contributed by atoms with Crippen molar-refractivity contribution in [3.63, 3.8) is 0 Å². The van der Waals surface area contributed by atoms with Gasteiger partial charge in [-0.25, -0.2) is 0 Å². The number of nitrogens with zero attached hydrogens (tertiary/aromatic N) is 3. The van der Waals surface area contributed by atoms with E-state index in [0.29, 0.717) is 6.04 Å². The van der Waals surface area contributed by atoms with E-state index in [1.54, 1.807) is 0 Å². The highest BCUT2D eigenvalue weighted by Gasteiger charge is 2.19. The summed E-state index contributed by atoms with van der Waals surface area (Å²) in [4.78, 5) is 2.30. The molecule has 3 rings (SSSR count). The number of nitrogens with one attached hydrogen (secondary N) is 1. The van der Waals surface area contributed by atoms with Gasteiger partial charge in [0.2, 0.25) is 0 Å². The molecule has 1 aromatic heterocycles. The highest BCUT2D eigenvalue weighted by atomic mass is 79.9. The zero-order valence-electron chi connectivity index (χ0n) is 11.4. The molecule has 1 atom stereocenters. The molecule has 1 aliphatic rings. The fraction of sp³-hybridized carbons (Fsp3) is 0.333. The Kier molecular flexibility index (Phi) is 3.98. The first-order valence-electron chi connectivity index (χ1n) is 6.81. The number of hydrogen-bond acceptors (Lipinski definition) is 4. The average Bonchev–Trinajstić information content (AvgIpc) is 2.48. The van der Waals surface area contributed by atoms with Crippen LogP contribution in [-0.2, 0) is 0 Å². The van der Waals surface area contributed by atoms with Crippen LogP contribution >= 0.6 is 15.9 Å². The number of rotatable bonds is 2. The molecule has 104 valence electrons. The number of halogens is 1. The van der Waals surface area contributed by atoms with Crippen molar-refractivity contribution in [1.82, 2.24) is 15.5 Å². The summed E-state index contributed by atoms with van der Waals surface area (Å²) in [5, 5.41) is 12.1. The van der Waals surface area contributed by atoms with E-state index in [9.17, 15) is 0 Å². The molecule has 5 heteroatoms. The Morgan fingerprint density at radius 3 is 2.85 bits per heavy atom. The zero-order chi connectivity index (χ0) is 13.9. The molecule has 1 N–H and O–H groups in total. The number of anilines is 1. The Balaban J connectivity index is 1.84. The SMILES string of the molecule is CC1CNCCN1c1ccc(-c2cccc(Br)c2)nn1. The van der Waals surface area contributed by atoms with Crippen LogP contribution in [0.1, 0.15) is 6.92 Å². The van der Waals surface area contributed by atoms with E-state index in [1.165, 1.54) is 0 Å². The van der Waals surface area contributed by atoms with Gasteiger partial charge in [0.15, 0.2) is 5.82 Å². The molecule has 0 spiro atoms. The van der Waals surface area contributed by atoms with Crippen molar-refractivity contribution in [3.05, 3.63) is 40.9 Å². The Morgan fingerprint density at radius 1 is 1.25 bits per heavy atom. The molecule has 0 radical (unpaired) electrons. The Bertz CT molecular complexity index is 585. The molecule has 2 aromatic rings. The van der Waals surface area contributed by atoms with Crippen LogP contribution in [0.3, 0.4) is 0 Å². The zero-order valence-corrected chi connectivity index (χ0v) is 13.0. The fourth-order valence-corrected chi connectivity index (χ4v) is 2.86. The van der Waals surface area contributed by atoms with Crippen LogP contribution in [0.15, 0.2) is 40.9 Å². The van der Waals surface area contributed by atoms with Gasteiger partial charge in [-0.15, -0.1) is 10.2 Å². The van der Waals surface area contributed by atoms with E-state index in [0.717, 1.165) is 41.2 Å². The second-order valence-electron chi connectivity index (χ2n) is 5.03. The Morgan fingerprint density at radius 2 is 2.15 bits per heavy atom. The summed E-state index contributed by atoms with van der Waals surface area (Å²) in [6, 6.07) is 12.7. The predicted molar refractivity (Wildman–Crippen MR) is 84.8 cm³/mol. The maximum absolute atomic E-state index is 4.39. The van der Waals surface area contributed by atoms with Crippen molar-refractivity contribution in [2.45, 2.75) is 13.0 Å². The van der Waals surface area contributed by atoms with Crippen LogP contribution in [0.4, 0.5) is 5.82 Å². The highest BCUT2D eigenvalue weighted by molar-refractivity contribution is 9.10. The van der Waals surface area contributed by atoms with Crippen LogP contribution in [0.5, 0.6) is 0 Å². The summed E-state index contributed by atoms with van der Waals surface area (Å²) < 4.78 is 1.05. The largest absolute Gasteiger partial charge is 0.350 e. The van der Waals surface area contributed by atoms with Gasteiger partial charge in [0, 0.05) is 35.7 Å². The van der Waals surface area contributed by atoms with Crippen LogP contribution < -0.4 is 10.2 Å². The third-order valence-electron chi connectivity index (χ3n) is 3.57. The van der Waals surface area contributed by atoms with E-state index < -0.39 is 0 Å². The van der Waals surface area contributed by atoms with Crippen molar-refractivity contribution >= 4 is 21.7 Å². The molecule has 1 aromatic carbocycles. The summed E-state index contributed by atoms with van der Waals surface area (Å²) in [6.45, 7) is 5.18. The second kappa shape index (κ2) is 5.89. The molecule has 2 heterocycles. The highest BCUT2D eigenvalue weighted by Crippen LogP contribution is 2.22. The normalized spacial score (nSPS) is 19.1. The van der Waals surface area contributed by atoms with Gasteiger partial charge in [0.25, 0.3) is 0 Å². The molecule has 0 saturated carbocycles. The topological polar surface area (TPSA) is 41.0 Å². The third-order valence-corrected chi connectivity index (χ3v) is 4.06. The Labute approximate surface area is 127 Å². The summed E-state index contributed by atoms with van der Waals surface area (Å²) in [5.41, 5.74) is 1.98. The van der Waals surface area contributed by atoms with Gasteiger partial charge < -0.3 is 10.2 Å². The van der Waals surface area contributed by atoms with Crippen LogP contribution in [0, 0.1) is 0 Å². The molecule has 20 heavy (non-hydrogen) atoms. The molecule has 1 fully saturated rings. The van der Waals surface area contributed by atoms with Crippen LogP contribution in [0.2, 0.25) is 0 Å². The maximum Gasteiger partial charge on any atom is 0.151 e. The molecular formula is C15H17BrN4. The van der Waals surface area contributed by atoms with E-state index in [2.05, 4.69) is 55.4 Å². The standard InChI is InChI=1S/C15H17BrN4/c1-11-10-17-7-8-20(11)15-6-5-14(18-19-15)12-3-2-4-13(16)9-12/h2-6,9,11,17H,7-8,10H2,1H3. The van der Waals surface area contributed by atoms with Gasteiger partial charge >= 0.3 is 0 Å². The lowest BCUT2D eigenvalue weighted by atomic mass is 10.1. The minimum Gasteiger partial charge on any atom is -0.350 e. The van der Waals surface area contributed by atoms with Crippen molar-refractivity contribution < 1.29 is 0 Å². The molecule has 1 aliphatic heterocycles.